The molecule has 140 valence electrons. The summed E-state index contributed by atoms with van der Waals surface area (Å²) in [6.07, 6.45) is 5.21. The number of anilines is 1. The minimum Gasteiger partial charge on any atom is -0.391 e. The summed E-state index contributed by atoms with van der Waals surface area (Å²) in [6.45, 7) is 1.69. The van der Waals surface area contributed by atoms with Crippen molar-refractivity contribution in [1.29, 1.82) is 0 Å². The Kier molecular flexibility index (Phi) is 5.71. The number of nitrogens with two attached hydrogens (primary N) is 1. The van der Waals surface area contributed by atoms with Crippen molar-refractivity contribution in [2.45, 2.75) is 18.6 Å². The Morgan fingerprint density at radius 3 is 3.04 bits per heavy atom. The van der Waals surface area contributed by atoms with Gasteiger partial charge in [-0.25, -0.2) is 9.97 Å². The topological polar surface area (TPSA) is 111 Å². The maximum atomic E-state index is 12.8. The lowest BCUT2D eigenvalue weighted by Crippen LogP contribution is -2.53. The van der Waals surface area contributed by atoms with Crippen LogP contribution in [0.1, 0.15) is 6.42 Å². The van der Waals surface area contributed by atoms with E-state index in [1.807, 2.05) is 23.4 Å². The molecule has 4 rings (SSSR count). The third-order valence-electron chi connectivity index (χ3n) is 4.59. The van der Waals surface area contributed by atoms with Crippen molar-refractivity contribution < 1.29 is 9.90 Å². The molecule has 4 heterocycles. The number of halogens is 1. The van der Waals surface area contributed by atoms with E-state index in [-0.39, 0.29) is 24.4 Å². The highest BCUT2D eigenvalue weighted by atomic mass is 35.5. The third kappa shape index (κ3) is 3.52. The van der Waals surface area contributed by atoms with Gasteiger partial charge in [0.25, 0.3) is 5.91 Å². The van der Waals surface area contributed by atoms with E-state index in [0.29, 0.717) is 24.4 Å². The van der Waals surface area contributed by atoms with E-state index in [1.165, 1.54) is 6.33 Å². The maximum absolute atomic E-state index is 12.8. The number of carbonyl (C=O) groups is 1. The van der Waals surface area contributed by atoms with Crippen LogP contribution in [-0.4, -0.2) is 68.4 Å². The smallest absolute Gasteiger partial charge is 0.261 e. The van der Waals surface area contributed by atoms with Gasteiger partial charge in [0.1, 0.15) is 17.8 Å². The number of thioether (sulfide) groups is 1. The molecule has 10 heteroatoms. The monoisotopic (exact) mass is 396 g/mol. The van der Waals surface area contributed by atoms with Crippen molar-refractivity contribution >= 4 is 46.9 Å². The van der Waals surface area contributed by atoms with Crippen molar-refractivity contribution in [2.24, 2.45) is 5.73 Å². The minimum absolute atomic E-state index is 0. The van der Waals surface area contributed by atoms with Crippen LogP contribution in [0.2, 0.25) is 0 Å². The molecular weight excluding hydrogens is 376 g/mol. The minimum atomic E-state index is -0.531. The standard InChI is InChI=1S/C16H20N6O2S.ClH/c17-11-7-22(4-2-12(11)23)16(24)13-8-21(5-6-25-13)15-10-1-3-18-14(10)19-9-20-15;/h1,3,8-9,11-12,23H,2,4-7,17H2,(H,18,19,20);1H/t11-,12+;/m0./s1. The van der Waals surface area contributed by atoms with Gasteiger partial charge in [-0.1, -0.05) is 0 Å². The number of piperidine rings is 1. The molecule has 1 fully saturated rings. The number of aliphatic hydroxyl groups is 1. The molecule has 2 atom stereocenters. The molecule has 1 saturated heterocycles. The Balaban J connectivity index is 0.00000196. The second-order valence-electron chi connectivity index (χ2n) is 6.24. The highest BCUT2D eigenvalue weighted by Crippen LogP contribution is 2.30. The second kappa shape index (κ2) is 7.83. The van der Waals surface area contributed by atoms with Crippen LogP contribution in [0, 0.1) is 0 Å². The molecule has 2 aromatic heterocycles. The number of nitrogens with zero attached hydrogens (tertiary/aromatic N) is 4. The van der Waals surface area contributed by atoms with E-state index in [1.54, 1.807) is 16.7 Å². The van der Waals surface area contributed by atoms with Crippen LogP contribution in [0.5, 0.6) is 0 Å². The van der Waals surface area contributed by atoms with Gasteiger partial charge < -0.3 is 25.6 Å². The lowest BCUT2D eigenvalue weighted by atomic mass is 10.0. The van der Waals surface area contributed by atoms with Crippen LogP contribution in [-0.2, 0) is 4.79 Å². The largest absolute Gasteiger partial charge is 0.391 e. The van der Waals surface area contributed by atoms with Gasteiger partial charge in [-0.05, 0) is 12.5 Å². The van der Waals surface area contributed by atoms with Crippen LogP contribution >= 0.6 is 24.2 Å². The van der Waals surface area contributed by atoms with Crippen molar-refractivity contribution in [3.05, 3.63) is 29.7 Å². The number of aliphatic hydroxyl groups excluding tert-OH is 1. The second-order valence-corrected chi connectivity index (χ2v) is 7.38. The number of fused-ring (bicyclic) bond motifs is 1. The van der Waals surface area contributed by atoms with E-state index in [0.717, 1.165) is 29.1 Å². The van der Waals surface area contributed by atoms with Crippen molar-refractivity contribution in [2.75, 3.05) is 30.3 Å². The molecule has 4 N–H and O–H groups in total. The molecular formula is C16H21ClN6O2S. The fourth-order valence-corrected chi connectivity index (χ4v) is 4.14. The SMILES string of the molecule is Cl.N[C@H]1CN(C(=O)C2=CN(c3ncnc4[nH]ccc34)CCS2)CC[C@H]1O. The van der Waals surface area contributed by atoms with E-state index in [9.17, 15) is 9.90 Å². The Morgan fingerprint density at radius 2 is 2.23 bits per heavy atom. The predicted molar refractivity (Wildman–Crippen MR) is 104 cm³/mol. The van der Waals surface area contributed by atoms with Gasteiger partial charge in [-0.15, -0.1) is 24.2 Å². The average Bonchev–Trinajstić information content (AvgIpc) is 3.12. The summed E-state index contributed by atoms with van der Waals surface area (Å²) in [6, 6.07) is 1.55. The van der Waals surface area contributed by atoms with Crippen LogP contribution in [0.25, 0.3) is 11.0 Å². The molecule has 0 radical (unpaired) electrons. The maximum Gasteiger partial charge on any atom is 0.261 e. The van der Waals surface area contributed by atoms with E-state index < -0.39 is 6.10 Å². The Morgan fingerprint density at radius 1 is 1.38 bits per heavy atom. The Labute approximate surface area is 161 Å². The molecule has 0 bridgehead atoms. The molecule has 0 saturated carbocycles. The summed E-state index contributed by atoms with van der Waals surface area (Å²) < 4.78 is 0. The Hall–Kier alpha value is -1.81. The first-order valence-electron chi connectivity index (χ1n) is 8.26. The highest BCUT2D eigenvalue weighted by Gasteiger charge is 2.30. The first kappa shape index (κ1) is 19.0. The van der Waals surface area contributed by atoms with Crippen LogP contribution < -0.4 is 10.6 Å². The molecule has 2 aromatic rings. The third-order valence-corrected chi connectivity index (χ3v) is 5.56. The zero-order valence-corrected chi connectivity index (χ0v) is 15.7. The van der Waals surface area contributed by atoms with Crippen molar-refractivity contribution in [3.63, 3.8) is 0 Å². The number of H-pyrrole nitrogens is 1. The van der Waals surface area contributed by atoms with E-state index in [2.05, 4.69) is 15.0 Å². The first-order valence-corrected chi connectivity index (χ1v) is 9.24. The quantitative estimate of drug-likeness (QED) is 0.684. The lowest BCUT2D eigenvalue weighted by molar-refractivity contribution is -0.128. The lowest BCUT2D eigenvalue weighted by Gasteiger charge is -2.35. The van der Waals surface area contributed by atoms with Gasteiger partial charge in [0.05, 0.1) is 16.4 Å². The number of aromatic amines is 1. The number of aromatic nitrogens is 3. The molecule has 0 unspecified atom stereocenters. The van der Waals surface area contributed by atoms with E-state index >= 15 is 0 Å². The molecule has 0 aromatic carbocycles. The number of likely N-dealkylation sites (tertiary alicyclic amines) is 1. The summed E-state index contributed by atoms with van der Waals surface area (Å²) in [7, 11) is 0. The van der Waals surface area contributed by atoms with Gasteiger partial charge in [-0.3, -0.25) is 4.79 Å². The van der Waals surface area contributed by atoms with Gasteiger partial charge in [-0.2, -0.15) is 0 Å². The summed E-state index contributed by atoms with van der Waals surface area (Å²) in [5.41, 5.74) is 6.68. The molecule has 1 amide bonds. The highest BCUT2D eigenvalue weighted by molar-refractivity contribution is 8.04. The van der Waals surface area contributed by atoms with Gasteiger partial charge in [0.15, 0.2) is 0 Å². The van der Waals surface area contributed by atoms with Gasteiger partial charge in [0.2, 0.25) is 0 Å². The van der Waals surface area contributed by atoms with Gasteiger partial charge in [0, 0.05) is 43.8 Å². The fraction of sp³-hybridized carbons (Fsp3) is 0.438. The normalized spacial score (nSPS) is 23.5. The zero-order valence-electron chi connectivity index (χ0n) is 14.0. The number of amides is 1. The first-order chi connectivity index (χ1) is 12.1. The number of carbonyl (C=O) groups excluding carboxylic acids is 1. The fourth-order valence-electron chi connectivity index (χ4n) is 3.18. The summed E-state index contributed by atoms with van der Waals surface area (Å²) in [5.74, 6) is 1.56. The van der Waals surface area contributed by atoms with Crippen molar-refractivity contribution in [3.8, 4) is 0 Å². The molecule has 2 aliphatic rings. The van der Waals surface area contributed by atoms with Crippen LogP contribution in [0.4, 0.5) is 5.82 Å². The summed E-state index contributed by atoms with van der Waals surface area (Å²) >= 11 is 1.55. The van der Waals surface area contributed by atoms with Crippen LogP contribution in [0.15, 0.2) is 29.7 Å². The van der Waals surface area contributed by atoms with Crippen LogP contribution in [0.3, 0.4) is 0 Å². The predicted octanol–water partition coefficient (Wildman–Crippen LogP) is 0.695. The number of nitrogens with one attached hydrogen (secondary N) is 1. The number of hydrogen-bond acceptors (Lipinski definition) is 7. The molecule has 8 nitrogen and oxygen atoms in total. The number of hydrogen-bond donors (Lipinski definition) is 3. The van der Waals surface area contributed by atoms with Gasteiger partial charge >= 0.3 is 0 Å². The molecule has 0 aliphatic carbocycles. The van der Waals surface area contributed by atoms with Crippen molar-refractivity contribution in [1.82, 2.24) is 19.9 Å². The molecule has 2 aliphatic heterocycles. The Bertz CT molecular complexity index is 828. The summed E-state index contributed by atoms with van der Waals surface area (Å²) in [4.78, 5) is 28.9. The van der Waals surface area contributed by atoms with E-state index in [4.69, 9.17) is 5.73 Å². The molecule has 26 heavy (non-hydrogen) atoms. The zero-order chi connectivity index (χ0) is 17.4. The average molecular weight is 397 g/mol. The summed E-state index contributed by atoms with van der Waals surface area (Å²) in [5, 5.41) is 10.7. The number of rotatable bonds is 2. The molecule has 0 spiro atoms.